The summed E-state index contributed by atoms with van der Waals surface area (Å²) in [5, 5.41) is 6.92. The van der Waals surface area contributed by atoms with Crippen LogP contribution in [0.2, 0.25) is 0 Å². The van der Waals surface area contributed by atoms with Crippen molar-refractivity contribution >= 4 is 33.4 Å². The Bertz CT molecular complexity index is 876. The van der Waals surface area contributed by atoms with Crippen molar-refractivity contribution in [2.24, 2.45) is 0 Å². The number of anilines is 3. The second-order valence-corrected chi connectivity index (χ2v) is 7.50. The van der Waals surface area contributed by atoms with E-state index in [2.05, 4.69) is 38.7 Å². The molecule has 1 heterocycles. The Morgan fingerprint density at radius 2 is 1.69 bits per heavy atom. The predicted octanol–water partition coefficient (Wildman–Crippen LogP) is 6.00. The molecule has 1 aliphatic rings. The van der Waals surface area contributed by atoms with Crippen molar-refractivity contribution in [1.29, 1.82) is 0 Å². The highest BCUT2D eigenvalue weighted by molar-refractivity contribution is 9.10. The van der Waals surface area contributed by atoms with Crippen molar-refractivity contribution in [3.8, 4) is 11.3 Å². The molecule has 132 valence electrons. The SMILES string of the molecule is Brc1cccc(Nc2cc(-c3ccccc3)nc(NC3CCCC3)n2)c1. The van der Waals surface area contributed by atoms with Crippen LogP contribution >= 0.6 is 15.9 Å². The van der Waals surface area contributed by atoms with Gasteiger partial charge < -0.3 is 10.6 Å². The van der Waals surface area contributed by atoms with E-state index in [-0.39, 0.29) is 0 Å². The smallest absolute Gasteiger partial charge is 0.225 e. The summed E-state index contributed by atoms with van der Waals surface area (Å²) in [6, 6.07) is 20.8. The molecule has 0 saturated heterocycles. The zero-order valence-corrected chi connectivity index (χ0v) is 16.0. The Morgan fingerprint density at radius 3 is 2.46 bits per heavy atom. The molecule has 3 aromatic rings. The molecule has 2 aromatic carbocycles. The second-order valence-electron chi connectivity index (χ2n) is 6.59. The first-order chi connectivity index (χ1) is 12.8. The largest absolute Gasteiger partial charge is 0.351 e. The van der Waals surface area contributed by atoms with Crippen molar-refractivity contribution in [1.82, 2.24) is 9.97 Å². The number of benzene rings is 2. The Balaban J connectivity index is 1.67. The van der Waals surface area contributed by atoms with Gasteiger partial charge in [-0.25, -0.2) is 4.98 Å². The van der Waals surface area contributed by atoms with Crippen LogP contribution in [-0.4, -0.2) is 16.0 Å². The minimum atomic E-state index is 0.472. The number of nitrogens with zero attached hydrogens (tertiary/aromatic N) is 2. The van der Waals surface area contributed by atoms with E-state index in [9.17, 15) is 0 Å². The molecule has 1 aromatic heterocycles. The lowest BCUT2D eigenvalue weighted by Crippen LogP contribution is -2.17. The van der Waals surface area contributed by atoms with Crippen molar-refractivity contribution in [2.75, 3.05) is 10.6 Å². The third-order valence-electron chi connectivity index (χ3n) is 4.58. The summed E-state index contributed by atoms with van der Waals surface area (Å²) in [6.45, 7) is 0. The molecule has 5 heteroatoms. The molecule has 0 spiro atoms. The van der Waals surface area contributed by atoms with Gasteiger partial charge in [0.2, 0.25) is 5.95 Å². The Labute approximate surface area is 162 Å². The van der Waals surface area contributed by atoms with Crippen LogP contribution in [0.5, 0.6) is 0 Å². The minimum absolute atomic E-state index is 0.472. The molecule has 1 fully saturated rings. The predicted molar refractivity (Wildman–Crippen MR) is 111 cm³/mol. The van der Waals surface area contributed by atoms with Crippen LogP contribution in [-0.2, 0) is 0 Å². The molecule has 0 aliphatic heterocycles. The summed E-state index contributed by atoms with van der Waals surface area (Å²) in [5.41, 5.74) is 2.99. The van der Waals surface area contributed by atoms with Gasteiger partial charge in [-0.1, -0.05) is 65.2 Å². The molecule has 4 rings (SSSR count). The van der Waals surface area contributed by atoms with Crippen molar-refractivity contribution < 1.29 is 0 Å². The van der Waals surface area contributed by atoms with E-state index < -0.39 is 0 Å². The third kappa shape index (κ3) is 4.22. The van der Waals surface area contributed by atoms with Crippen molar-refractivity contribution in [2.45, 2.75) is 31.7 Å². The quantitative estimate of drug-likeness (QED) is 0.542. The van der Waals surface area contributed by atoms with Gasteiger partial charge in [0.05, 0.1) is 5.69 Å². The molecule has 26 heavy (non-hydrogen) atoms. The van der Waals surface area contributed by atoms with Gasteiger partial charge in [-0.2, -0.15) is 4.98 Å². The van der Waals surface area contributed by atoms with Crippen molar-refractivity contribution in [3.05, 3.63) is 65.1 Å². The van der Waals surface area contributed by atoms with Gasteiger partial charge in [-0.05, 0) is 31.0 Å². The van der Waals surface area contributed by atoms with Gasteiger partial charge >= 0.3 is 0 Å². The molecule has 1 aliphatic carbocycles. The number of rotatable bonds is 5. The summed E-state index contributed by atoms with van der Waals surface area (Å²) < 4.78 is 1.03. The number of hydrogen-bond donors (Lipinski definition) is 2. The van der Waals surface area contributed by atoms with Crippen molar-refractivity contribution in [3.63, 3.8) is 0 Å². The van der Waals surface area contributed by atoms with Gasteiger partial charge in [-0.3, -0.25) is 0 Å². The first-order valence-electron chi connectivity index (χ1n) is 9.00. The zero-order chi connectivity index (χ0) is 17.8. The summed E-state index contributed by atoms with van der Waals surface area (Å²) >= 11 is 3.51. The maximum absolute atomic E-state index is 4.75. The standard InChI is InChI=1S/C21H21BrN4/c22-16-9-6-12-18(13-16)23-20-14-19(15-7-2-1-3-8-15)25-21(26-20)24-17-10-4-5-11-17/h1-3,6-9,12-14,17H,4-5,10-11H2,(H2,23,24,25,26). The molecule has 0 amide bonds. The van der Waals surface area contributed by atoms with Crippen LogP contribution < -0.4 is 10.6 Å². The maximum Gasteiger partial charge on any atom is 0.225 e. The summed E-state index contributed by atoms with van der Waals surface area (Å²) in [4.78, 5) is 9.45. The van der Waals surface area contributed by atoms with Crippen LogP contribution in [0.25, 0.3) is 11.3 Å². The second kappa shape index (κ2) is 7.87. The van der Waals surface area contributed by atoms with Crippen LogP contribution in [0, 0.1) is 0 Å². The highest BCUT2D eigenvalue weighted by Gasteiger charge is 2.16. The number of nitrogens with one attached hydrogen (secondary N) is 2. The zero-order valence-electron chi connectivity index (χ0n) is 14.5. The van der Waals surface area contributed by atoms with Crippen LogP contribution in [0.15, 0.2) is 65.1 Å². The molecule has 0 radical (unpaired) electrons. The number of halogens is 1. The van der Waals surface area contributed by atoms with Crippen LogP contribution in [0.3, 0.4) is 0 Å². The molecule has 0 atom stereocenters. The Morgan fingerprint density at radius 1 is 0.885 bits per heavy atom. The van der Waals surface area contributed by atoms with Gasteiger partial charge in [-0.15, -0.1) is 0 Å². The average Bonchev–Trinajstić information content (AvgIpc) is 3.15. The van der Waals surface area contributed by atoms with E-state index in [4.69, 9.17) is 9.97 Å². The third-order valence-corrected chi connectivity index (χ3v) is 5.07. The monoisotopic (exact) mass is 408 g/mol. The van der Waals surface area contributed by atoms with E-state index in [1.54, 1.807) is 0 Å². The van der Waals surface area contributed by atoms with E-state index in [1.165, 1.54) is 25.7 Å². The fourth-order valence-corrected chi connectivity index (χ4v) is 3.70. The van der Waals surface area contributed by atoms with E-state index in [0.29, 0.717) is 12.0 Å². The lowest BCUT2D eigenvalue weighted by Gasteiger charge is -2.15. The highest BCUT2D eigenvalue weighted by Crippen LogP contribution is 2.27. The van der Waals surface area contributed by atoms with Gasteiger partial charge in [0, 0.05) is 27.8 Å². The van der Waals surface area contributed by atoms with Crippen LogP contribution in [0.4, 0.5) is 17.5 Å². The minimum Gasteiger partial charge on any atom is -0.351 e. The molecule has 0 unspecified atom stereocenters. The van der Waals surface area contributed by atoms with Gasteiger partial charge in [0.25, 0.3) is 0 Å². The molecule has 2 N–H and O–H groups in total. The van der Waals surface area contributed by atoms with Gasteiger partial charge in [0.1, 0.15) is 5.82 Å². The summed E-state index contributed by atoms with van der Waals surface area (Å²) in [7, 11) is 0. The Hall–Kier alpha value is -2.40. The summed E-state index contributed by atoms with van der Waals surface area (Å²) in [6.07, 6.45) is 4.93. The van der Waals surface area contributed by atoms with Gasteiger partial charge in [0.15, 0.2) is 0 Å². The van der Waals surface area contributed by atoms with E-state index in [1.807, 2.05) is 48.5 Å². The molecular weight excluding hydrogens is 388 g/mol. The lowest BCUT2D eigenvalue weighted by atomic mass is 10.1. The van der Waals surface area contributed by atoms with E-state index >= 15 is 0 Å². The molecule has 0 bridgehead atoms. The lowest BCUT2D eigenvalue weighted by molar-refractivity contribution is 0.744. The average molecular weight is 409 g/mol. The topological polar surface area (TPSA) is 49.8 Å². The molecule has 4 nitrogen and oxygen atoms in total. The number of aromatic nitrogens is 2. The normalized spacial score (nSPS) is 14.3. The number of hydrogen-bond acceptors (Lipinski definition) is 4. The Kier molecular flexibility index (Phi) is 5.16. The van der Waals surface area contributed by atoms with Crippen LogP contribution in [0.1, 0.15) is 25.7 Å². The first kappa shape index (κ1) is 17.0. The fourth-order valence-electron chi connectivity index (χ4n) is 3.30. The maximum atomic E-state index is 4.75. The molecule has 1 saturated carbocycles. The fraction of sp³-hybridized carbons (Fsp3) is 0.238. The first-order valence-corrected chi connectivity index (χ1v) is 9.79. The summed E-state index contributed by atoms with van der Waals surface area (Å²) in [5.74, 6) is 1.48. The molecular formula is C21H21BrN4. The van der Waals surface area contributed by atoms with E-state index in [0.717, 1.165) is 27.2 Å². The highest BCUT2D eigenvalue weighted by atomic mass is 79.9.